The number of thioether (sulfide) groups is 1. The Hall–Kier alpha value is -2.28. The number of H-pyrrole nitrogens is 1. The van der Waals surface area contributed by atoms with E-state index in [1.165, 1.54) is 0 Å². The van der Waals surface area contributed by atoms with Crippen LogP contribution in [0.3, 0.4) is 0 Å². The van der Waals surface area contributed by atoms with Crippen molar-refractivity contribution < 1.29 is 0 Å². The van der Waals surface area contributed by atoms with Crippen molar-refractivity contribution in [3.05, 3.63) is 46.4 Å². The van der Waals surface area contributed by atoms with Crippen LogP contribution in [0, 0.1) is 0 Å². The molecule has 6 nitrogen and oxygen atoms in total. The van der Waals surface area contributed by atoms with Crippen molar-refractivity contribution in [2.75, 3.05) is 5.73 Å². The maximum atomic E-state index is 12.3. The van der Waals surface area contributed by atoms with Crippen LogP contribution in [-0.2, 0) is 6.54 Å². The van der Waals surface area contributed by atoms with E-state index in [4.69, 9.17) is 5.73 Å². The summed E-state index contributed by atoms with van der Waals surface area (Å²) in [5.41, 5.74) is 7.86. The third kappa shape index (κ3) is 3.24. The number of rotatable bonds is 5. The summed E-state index contributed by atoms with van der Waals surface area (Å²) >= 11 is 1.57. The van der Waals surface area contributed by atoms with E-state index in [-0.39, 0.29) is 5.69 Å². The summed E-state index contributed by atoms with van der Waals surface area (Å²) in [5.74, 6) is 0.310. The molecule has 3 N–H and O–H groups in total. The molecular formula is C16H19N5OS. The molecule has 0 fully saturated rings. The third-order valence-corrected chi connectivity index (χ3v) is 4.82. The first kappa shape index (κ1) is 15.6. The zero-order chi connectivity index (χ0) is 16.4. The number of nitrogens with zero attached hydrogens (tertiary/aromatic N) is 3. The summed E-state index contributed by atoms with van der Waals surface area (Å²) in [6, 6.07) is 9.79. The van der Waals surface area contributed by atoms with Gasteiger partial charge in [-0.25, -0.2) is 14.8 Å². The number of hydrogen-bond acceptors (Lipinski definition) is 5. The number of nitrogen functional groups attached to an aromatic ring is 1. The normalized spacial score (nSPS) is 12.6. The van der Waals surface area contributed by atoms with Crippen molar-refractivity contribution >= 4 is 28.7 Å². The van der Waals surface area contributed by atoms with Crippen LogP contribution in [0.1, 0.15) is 25.8 Å². The highest BCUT2D eigenvalue weighted by molar-refractivity contribution is 7.99. The molecule has 1 aromatic carbocycles. The molecule has 0 bridgehead atoms. The van der Waals surface area contributed by atoms with Crippen molar-refractivity contribution in [1.82, 2.24) is 19.5 Å². The van der Waals surface area contributed by atoms with Gasteiger partial charge in [0.25, 0.3) is 0 Å². The van der Waals surface area contributed by atoms with Crippen molar-refractivity contribution in [2.45, 2.75) is 37.2 Å². The molecule has 2 heterocycles. The molecule has 0 saturated carbocycles. The molecule has 0 radical (unpaired) electrons. The van der Waals surface area contributed by atoms with Crippen molar-refractivity contribution in [1.29, 1.82) is 0 Å². The van der Waals surface area contributed by atoms with Crippen LogP contribution < -0.4 is 11.4 Å². The molecule has 0 aliphatic heterocycles. The number of hydrogen-bond donors (Lipinski definition) is 2. The lowest BCUT2D eigenvalue weighted by molar-refractivity contribution is 0.771. The van der Waals surface area contributed by atoms with Gasteiger partial charge >= 0.3 is 5.69 Å². The molecule has 7 heteroatoms. The zero-order valence-corrected chi connectivity index (χ0v) is 13.9. The van der Waals surface area contributed by atoms with E-state index < -0.39 is 0 Å². The minimum atomic E-state index is -0.226. The van der Waals surface area contributed by atoms with Crippen LogP contribution in [0.15, 0.2) is 40.3 Å². The highest BCUT2D eigenvalue weighted by Gasteiger charge is 2.15. The van der Waals surface area contributed by atoms with Gasteiger partial charge in [0, 0.05) is 5.25 Å². The second-order valence-electron chi connectivity index (χ2n) is 5.43. The lowest BCUT2D eigenvalue weighted by Gasteiger charge is -2.08. The summed E-state index contributed by atoms with van der Waals surface area (Å²) in [7, 11) is 0. The largest absolute Gasteiger partial charge is 0.382 e. The average molecular weight is 329 g/mol. The van der Waals surface area contributed by atoms with Gasteiger partial charge < -0.3 is 10.7 Å². The van der Waals surface area contributed by atoms with Crippen molar-refractivity contribution in [2.24, 2.45) is 0 Å². The summed E-state index contributed by atoms with van der Waals surface area (Å²) in [4.78, 5) is 23.9. The van der Waals surface area contributed by atoms with Gasteiger partial charge in [-0.3, -0.25) is 4.57 Å². The van der Waals surface area contributed by atoms with E-state index in [0.29, 0.717) is 33.9 Å². The fourth-order valence-electron chi connectivity index (χ4n) is 2.26. The number of nitrogens with one attached hydrogen (secondary N) is 1. The van der Waals surface area contributed by atoms with Gasteiger partial charge in [0.2, 0.25) is 0 Å². The van der Waals surface area contributed by atoms with Gasteiger partial charge in [0.05, 0.1) is 6.54 Å². The van der Waals surface area contributed by atoms with Crippen LogP contribution in [0.2, 0.25) is 0 Å². The second kappa shape index (κ2) is 6.45. The van der Waals surface area contributed by atoms with Gasteiger partial charge in [-0.15, -0.1) is 0 Å². The number of nitrogens with two attached hydrogens (primary N) is 1. The molecule has 0 amide bonds. The summed E-state index contributed by atoms with van der Waals surface area (Å²) in [5, 5.41) is 0.991. The molecule has 1 atom stereocenters. The van der Waals surface area contributed by atoms with E-state index in [2.05, 4.69) is 28.8 Å². The Morgan fingerprint density at radius 2 is 2.04 bits per heavy atom. The summed E-state index contributed by atoms with van der Waals surface area (Å²) in [6.07, 6.45) is 1.01. The molecule has 120 valence electrons. The van der Waals surface area contributed by atoms with Gasteiger partial charge in [-0.05, 0) is 12.0 Å². The number of imidazole rings is 1. The Morgan fingerprint density at radius 3 is 2.74 bits per heavy atom. The number of aromatic nitrogens is 4. The maximum Gasteiger partial charge on any atom is 0.328 e. The Kier molecular flexibility index (Phi) is 4.38. The topological polar surface area (TPSA) is 89.6 Å². The average Bonchev–Trinajstić information content (AvgIpc) is 2.85. The molecule has 23 heavy (non-hydrogen) atoms. The third-order valence-electron chi connectivity index (χ3n) is 3.70. The Morgan fingerprint density at radius 1 is 1.30 bits per heavy atom. The lowest BCUT2D eigenvalue weighted by Crippen LogP contribution is -2.17. The minimum absolute atomic E-state index is 0.226. The summed E-state index contributed by atoms with van der Waals surface area (Å²) < 4.78 is 1.60. The van der Waals surface area contributed by atoms with Crippen LogP contribution >= 0.6 is 11.8 Å². The number of fused-ring (bicyclic) bond motifs is 1. The Balaban J connectivity index is 2.06. The molecule has 3 rings (SSSR count). The molecule has 0 aliphatic carbocycles. The second-order valence-corrected chi connectivity index (χ2v) is 6.83. The number of aromatic amines is 1. The fourth-order valence-corrected chi connectivity index (χ4v) is 3.08. The first-order chi connectivity index (χ1) is 11.1. The molecule has 0 saturated heterocycles. The molecule has 2 aromatic heterocycles. The van der Waals surface area contributed by atoms with Crippen LogP contribution in [0.25, 0.3) is 11.2 Å². The smallest absolute Gasteiger partial charge is 0.328 e. The fraction of sp³-hybridized carbons (Fsp3) is 0.312. The van der Waals surface area contributed by atoms with E-state index in [0.717, 1.165) is 12.0 Å². The Labute approximate surface area is 138 Å². The van der Waals surface area contributed by atoms with Crippen molar-refractivity contribution in [3.8, 4) is 0 Å². The van der Waals surface area contributed by atoms with Gasteiger partial charge in [0.15, 0.2) is 16.6 Å². The van der Waals surface area contributed by atoms with E-state index in [1.807, 2.05) is 30.3 Å². The molecular weight excluding hydrogens is 310 g/mol. The van der Waals surface area contributed by atoms with E-state index in [9.17, 15) is 4.79 Å². The van der Waals surface area contributed by atoms with Crippen LogP contribution in [0.4, 0.5) is 5.82 Å². The van der Waals surface area contributed by atoms with E-state index >= 15 is 0 Å². The van der Waals surface area contributed by atoms with E-state index in [1.54, 1.807) is 16.3 Å². The molecule has 1 unspecified atom stereocenters. The highest BCUT2D eigenvalue weighted by Crippen LogP contribution is 2.25. The van der Waals surface area contributed by atoms with Gasteiger partial charge in [-0.2, -0.15) is 0 Å². The molecule has 3 aromatic rings. The number of anilines is 1. The highest BCUT2D eigenvalue weighted by atomic mass is 32.2. The van der Waals surface area contributed by atoms with Crippen LogP contribution in [-0.4, -0.2) is 24.8 Å². The zero-order valence-electron chi connectivity index (χ0n) is 13.1. The summed E-state index contributed by atoms with van der Waals surface area (Å²) in [6.45, 7) is 4.67. The monoisotopic (exact) mass is 329 g/mol. The minimum Gasteiger partial charge on any atom is -0.382 e. The number of benzene rings is 1. The predicted molar refractivity (Wildman–Crippen MR) is 93.7 cm³/mol. The predicted octanol–water partition coefficient (Wildman–Crippen LogP) is 2.64. The quantitative estimate of drug-likeness (QED) is 0.555. The lowest BCUT2D eigenvalue weighted by atomic mass is 10.2. The van der Waals surface area contributed by atoms with Gasteiger partial charge in [-0.1, -0.05) is 55.9 Å². The maximum absolute atomic E-state index is 12.3. The SMILES string of the molecule is CCC(C)Sc1nc(N)c2[nH]c(=O)n(Cc3ccccc3)c2n1. The molecule has 0 spiro atoms. The first-order valence-corrected chi connectivity index (χ1v) is 8.43. The standard InChI is InChI=1S/C16H19N5OS/c1-3-10(2)23-15-19-13(17)12-14(20-15)21(16(22)18-12)9-11-7-5-4-6-8-11/h4-8,10H,3,9H2,1-2H3,(H,18,22)(H2,17,19,20). The Bertz CT molecular complexity index is 871. The van der Waals surface area contributed by atoms with Gasteiger partial charge in [0.1, 0.15) is 5.52 Å². The van der Waals surface area contributed by atoms with Crippen molar-refractivity contribution in [3.63, 3.8) is 0 Å². The molecule has 0 aliphatic rings. The first-order valence-electron chi connectivity index (χ1n) is 7.55. The van der Waals surface area contributed by atoms with Crippen LogP contribution in [0.5, 0.6) is 0 Å².